The number of aliphatic imine (C=N–C) groups is 1. The van der Waals surface area contributed by atoms with E-state index in [1.807, 2.05) is 0 Å². The molecule has 2 N–H and O–H groups in total. The molecule has 0 spiro atoms. The summed E-state index contributed by atoms with van der Waals surface area (Å²) in [5, 5.41) is 12.8. The topological polar surface area (TPSA) is 62.5 Å². The molecule has 0 amide bonds. The summed E-state index contributed by atoms with van der Waals surface area (Å²) >= 11 is 5.18. The highest BCUT2D eigenvalue weighted by molar-refractivity contribution is 14.0. The minimum Gasteiger partial charge on any atom is -0.361 e. The van der Waals surface area contributed by atoms with Crippen LogP contribution in [-0.2, 0) is 25.9 Å². The quantitative estimate of drug-likeness (QED) is 0.347. The van der Waals surface area contributed by atoms with Gasteiger partial charge in [0.1, 0.15) is 5.76 Å². The molecule has 0 radical (unpaired) electrons. The molecule has 0 aliphatic rings. The average Bonchev–Trinajstić information content (AvgIpc) is 3.13. The van der Waals surface area contributed by atoms with Crippen molar-refractivity contribution in [2.45, 2.75) is 39.8 Å². The van der Waals surface area contributed by atoms with Crippen LogP contribution in [0, 0.1) is 0 Å². The lowest BCUT2D eigenvalue weighted by molar-refractivity contribution is 0.380. The van der Waals surface area contributed by atoms with Crippen LogP contribution in [-0.4, -0.2) is 18.2 Å². The Hall–Kier alpha value is -0.610. The molecule has 0 aliphatic heterocycles. The van der Waals surface area contributed by atoms with E-state index in [4.69, 9.17) is 4.52 Å². The van der Waals surface area contributed by atoms with Gasteiger partial charge in [0.15, 0.2) is 5.96 Å². The summed E-state index contributed by atoms with van der Waals surface area (Å²) in [6.45, 7) is 5.58. The first-order valence-electron chi connectivity index (χ1n) is 7.31. The number of halogens is 2. The van der Waals surface area contributed by atoms with Gasteiger partial charge in [-0.2, -0.15) is 0 Å². The normalized spacial score (nSPS) is 11.2. The summed E-state index contributed by atoms with van der Waals surface area (Å²) in [5.41, 5.74) is 2.16. The minimum absolute atomic E-state index is 0. The van der Waals surface area contributed by atoms with E-state index >= 15 is 0 Å². The summed E-state index contributed by atoms with van der Waals surface area (Å²) < 4.78 is 6.49. The molecule has 0 saturated carbocycles. The Balaban J connectivity index is 0.00000264. The summed E-state index contributed by atoms with van der Waals surface area (Å²) in [7, 11) is 1.77. The number of hydrogen-bond donors (Lipinski definition) is 2. The zero-order valence-electron chi connectivity index (χ0n) is 13.5. The van der Waals surface area contributed by atoms with Crippen molar-refractivity contribution in [3.63, 3.8) is 0 Å². The molecule has 0 aliphatic carbocycles. The van der Waals surface area contributed by atoms with Crippen molar-refractivity contribution in [3.8, 4) is 0 Å². The van der Waals surface area contributed by atoms with E-state index in [1.165, 1.54) is 4.88 Å². The summed E-state index contributed by atoms with van der Waals surface area (Å²) in [6, 6.07) is 2.11. The van der Waals surface area contributed by atoms with E-state index in [0.29, 0.717) is 6.54 Å². The Morgan fingerprint density at radius 1 is 1.30 bits per heavy atom. The van der Waals surface area contributed by atoms with Crippen LogP contribution in [0.1, 0.15) is 35.7 Å². The van der Waals surface area contributed by atoms with Gasteiger partial charge in [-0.3, -0.25) is 4.99 Å². The summed E-state index contributed by atoms with van der Waals surface area (Å²) in [5.74, 6) is 1.72. The molecule has 2 aromatic heterocycles. The number of nitrogens with one attached hydrogen (secondary N) is 2. The number of thiophene rings is 1. The molecular weight excluding hydrogens is 491 g/mol. The second kappa shape index (κ2) is 10.3. The van der Waals surface area contributed by atoms with Gasteiger partial charge in [0, 0.05) is 40.3 Å². The van der Waals surface area contributed by atoms with Gasteiger partial charge in [0.2, 0.25) is 0 Å². The lowest BCUT2D eigenvalue weighted by Crippen LogP contribution is -2.36. The third kappa shape index (κ3) is 5.75. The summed E-state index contributed by atoms with van der Waals surface area (Å²) in [6.07, 6.45) is 1.72. The highest BCUT2D eigenvalue weighted by Gasteiger charge is 2.13. The molecule has 0 atom stereocenters. The Kier molecular flexibility index (Phi) is 9.15. The van der Waals surface area contributed by atoms with E-state index in [1.54, 1.807) is 18.4 Å². The molecule has 0 unspecified atom stereocenters. The van der Waals surface area contributed by atoms with E-state index in [0.717, 1.165) is 46.8 Å². The average molecular weight is 513 g/mol. The van der Waals surface area contributed by atoms with Crippen LogP contribution >= 0.6 is 51.2 Å². The van der Waals surface area contributed by atoms with Crippen LogP contribution < -0.4 is 10.6 Å². The molecule has 0 fully saturated rings. The molecule has 23 heavy (non-hydrogen) atoms. The van der Waals surface area contributed by atoms with Crippen molar-refractivity contribution in [3.05, 3.63) is 37.8 Å². The van der Waals surface area contributed by atoms with E-state index < -0.39 is 0 Å². The van der Waals surface area contributed by atoms with E-state index in [9.17, 15) is 0 Å². The number of aryl methyl sites for hydroxylation is 2. The zero-order valence-corrected chi connectivity index (χ0v) is 18.2. The third-order valence-corrected chi connectivity index (χ3v) is 5.01. The van der Waals surface area contributed by atoms with Crippen molar-refractivity contribution in [2.75, 3.05) is 7.05 Å². The standard InChI is InChI=1S/C15H21BrN4OS.HI/c1-4-13-12(14(5-2)21-20-13)8-19-15(17-3)18-7-11-6-10(16)9-22-11;/h6,9H,4-5,7-8H2,1-3H3,(H2,17,18,19);1H. The largest absolute Gasteiger partial charge is 0.361 e. The Morgan fingerprint density at radius 3 is 2.61 bits per heavy atom. The van der Waals surface area contributed by atoms with Gasteiger partial charge in [-0.15, -0.1) is 35.3 Å². The van der Waals surface area contributed by atoms with Crippen LogP contribution in [0.5, 0.6) is 0 Å². The molecule has 5 nitrogen and oxygen atoms in total. The number of hydrogen-bond acceptors (Lipinski definition) is 4. The van der Waals surface area contributed by atoms with Crippen molar-refractivity contribution < 1.29 is 4.52 Å². The Labute approximate surface area is 166 Å². The predicted molar refractivity (Wildman–Crippen MR) is 110 cm³/mol. The first-order valence-corrected chi connectivity index (χ1v) is 8.98. The van der Waals surface area contributed by atoms with Crippen molar-refractivity contribution >= 4 is 57.2 Å². The van der Waals surface area contributed by atoms with Crippen LogP contribution in [0.3, 0.4) is 0 Å². The lowest BCUT2D eigenvalue weighted by Gasteiger charge is -2.11. The predicted octanol–water partition coefficient (Wildman–Crippen LogP) is 4.11. The molecule has 2 heterocycles. The first-order chi connectivity index (χ1) is 10.7. The van der Waals surface area contributed by atoms with Crippen molar-refractivity contribution in [1.29, 1.82) is 0 Å². The molecule has 2 aromatic rings. The van der Waals surface area contributed by atoms with Crippen LogP contribution in [0.4, 0.5) is 0 Å². The van der Waals surface area contributed by atoms with Crippen molar-refractivity contribution in [2.24, 2.45) is 4.99 Å². The SMILES string of the molecule is CCc1noc(CC)c1CNC(=NC)NCc1cc(Br)cs1.I. The summed E-state index contributed by atoms with van der Waals surface area (Å²) in [4.78, 5) is 5.51. The lowest BCUT2D eigenvalue weighted by atomic mass is 10.1. The zero-order chi connectivity index (χ0) is 15.9. The second-order valence-corrected chi connectivity index (χ2v) is 6.66. The highest BCUT2D eigenvalue weighted by Crippen LogP contribution is 2.19. The maximum absolute atomic E-state index is 5.38. The minimum atomic E-state index is 0. The number of guanidine groups is 1. The number of aromatic nitrogens is 1. The van der Waals surface area contributed by atoms with Gasteiger partial charge < -0.3 is 15.2 Å². The molecule has 128 valence electrons. The monoisotopic (exact) mass is 512 g/mol. The van der Waals surface area contributed by atoms with Crippen LogP contribution in [0.15, 0.2) is 25.4 Å². The Bertz CT molecular complexity index is 620. The smallest absolute Gasteiger partial charge is 0.191 e. The van der Waals surface area contributed by atoms with Crippen LogP contribution in [0.25, 0.3) is 0 Å². The number of nitrogens with zero attached hydrogens (tertiary/aromatic N) is 2. The number of rotatable bonds is 6. The molecule has 0 aromatic carbocycles. The fourth-order valence-electron chi connectivity index (χ4n) is 2.15. The maximum Gasteiger partial charge on any atom is 0.191 e. The first kappa shape index (κ1) is 20.4. The van der Waals surface area contributed by atoms with Gasteiger partial charge >= 0.3 is 0 Å². The fraction of sp³-hybridized carbons (Fsp3) is 0.467. The van der Waals surface area contributed by atoms with Gasteiger partial charge in [-0.1, -0.05) is 19.0 Å². The maximum atomic E-state index is 5.38. The molecule has 0 saturated heterocycles. The van der Waals surface area contributed by atoms with Gasteiger partial charge in [-0.05, 0) is 28.4 Å². The van der Waals surface area contributed by atoms with Gasteiger partial charge in [0.05, 0.1) is 12.2 Å². The second-order valence-electron chi connectivity index (χ2n) is 4.75. The van der Waals surface area contributed by atoms with Crippen molar-refractivity contribution in [1.82, 2.24) is 15.8 Å². The highest BCUT2D eigenvalue weighted by atomic mass is 127. The fourth-order valence-corrected chi connectivity index (χ4v) is 3.54. The third-order valence-electron chi connectivity index (χ3n) is 3.32. The molecular formula is C15H22BrIN4OS. The Morgan fingerprint density at radius 2 is 2.04 bits per heavy atom. The molecule has 8 heteroatoms. The van der Waals surface area contributed by atoms with E-state index in [2.05, 4.69) is 62.0 Å². The van der Waals surface area contributed by atoms with Crippen LogP contribution in [0.2, 0.25) is 0 Å². The molecule has 0 bridgehead atoms. The van der Waals surface area contributed by atoms with Gasteiger partial charge in [0.25, 0.3) is 0 Å². The van der Waals surface area contributed by atoms with Gasteiger partial charge in [-0.25, -0.2) is 0 Å². The molecule has 2 rings (SSSR count). The van der Waals surface area contributed by atoms with E-state index in [-0.39, 0.29) is 24.0 Å².